The van der Waals surface area contributed by atoms with Gasteiger partial charge >= 0.3 is 12.2 Å². The Morgan fingerprint density at radius 1 is 1.42 bits per heavy atom. The van der Waals surface area contributed by atoms with Gasteiger partial charge in [0.2, 0.25) is 5.76 Å². The first kappa shape index (κ1) is 19.6. The van der Waals surface area contributed by atoms with E-state index in [1.54, 1.807) is 0 Å². The van der Waals surface area contributed by atoms with E-state index in [4.69, 9.17) is 0 Å². The van der Waals surface area contributed by atoms with E-state index >= 15 is 0 Å². The van der Waals surface area contributed by atoms with Crippen molar-refractivity contribution in [2.24, 2.45) is 0 Å². The number of ketones is 1. The highest BCUT2D eigenvalue weighted by Gasteiger charge is 2.47. The van der Waals surface area contributed by atoms with Crippen molar-refractivity contribution in [3.8, 4) is 0 Å². The van der Waals surface area contributed by atoms with Crippen LogP contribution in [0.25, 0.3) is 0 Å². The number of urea groups is 1. The Balaban J connectivity index is 0.000000648. The van der Waals surface area contributed by atoms with Gasteiger partial charge in [0, 0.05) is 12.6 Å². The largest absolute Gasteiger partial charge is 0.452 e. The van der Waals surface area contributed by atoms with Crippen LogP contribution in [0.1, 0.15) is 19.6 Å². The van der Waals surface area contributed by atoms with Crippen LogP contribution in [-0.4, -0.2) is 51.1 Å². The molecule has 2 N–H and O–H groups in total. The summed E-state index contributed by atoms with van der Waals surface area (Å²) in [7, 11) is 0. The maximum absolute atomic E-state index is 12.4. The minimum Gasteiger partial charge on any atom is -0.369 e. The zero-order valence-corrected chi connectivity index (χ0v) is 12.8. The molecule has 0 spiro atoms. The predicted molar refractivity (Wildman–Crippen MR) is 74.7 cm³/mol. The van der Waals surface area contributed by atoms with Gasteiger partial charge in [0.25, 0.3) is 0 Å². The Kier molecular flexibility index (Phi) is 6.10. The molecular formula is C13H16F3N3O5. The highest BCUT2D eigenvalue weighted by Crippen LogP contribution is 2.33. The van der Waals surface area contributed by atoms with Crippen molar-refractivity contribution in [2.45, 2.75) is 32.5 Å². The average molecular weight is 351 g/mol. The number of hydrogen-bond acceptors (Lipinski definition) is 6. The second-order valence-corrected chi connectivity index (χ2v) is 4.88. The number of rotatable bonds is 3. The molecule has 0 aromatic carbocycles. The lowest BCUT2D eigenvalue weighted by atomic mass is 10.4. The van der Waals surface area contributed by atoms with Crippen LogP contribution in [-0.2, 0) is 11.0 Å². The van der Waals surface area contributed by atoms with E-state index in [0.717, 1.165) is 4.90 Å². The number of alkyl halides is 3. The molecule has 2 heterocycles. The summed E-state index contributed by atoms with van der Waals surface area (Å²) in [6.07, 6.45) is -6.83. The van der Waals surface area contributed by atoms with Crippen molar-refractivity contribution in [3.05, 3.63) is 24.5 Å². The van der Waals surface area contributed by atoms with Crippen molar-refractivity contribution in [3.63, 3.8) is 0 Å². The molecule has 1 aromatic heterocycles. The number of anilines is 1. The first-order valence-electron chi connectivity index (χ1n) is 6.58. The van der Waals surface area contributed by atoms with Gasteiger partial charge in [0.05, 0.1) is 0 Å². The van der Waals surface area contributed by atoms with Gasteiger partial charge < -0.3 is 19.5 Å². The summed E-state index contributed by atoms with van der Waals surface area (Å²) in [4.78, 5) is 22.7. The molecular weight excluding hydrogens is 335 g/mol. The van der Waals surface area contributed by atoms with E-state index in [1.807, 2.05) is 0 Å². The van der Waals surface area contributed by atoms with E-state index < -0.39 is 36.2 Å². The number of halogens is 3. The Hall–Kier alpha value is -2.40. The third kappa shape index (κ3) is 4.32. The van der Waals surface area contributed by atoms with Gasteiger partial charge in [-0.05, 0) is 13.8 Å². The minimum atomic E-state index is -4.77. The van der Waals surface area contributed by atoms with E-state index in [2.05, 4.69) is 16.3 Å². The molecule has 1 fully saturated rings. The van der Waals surface area contributed by atoms with Gasteiger partial charge in [-0.3, -0.25) is 4.90 Å². The molecule has 11 heteroatoms. The van der Waals surface area contributed by atoms with Crippen molar-refractivity contribution in [1.29, 1.82) is 0 Å². The molecule has 1 aromatic rings. The summed E-state index contributed by atoms with van der Waals surface area (Å²) < 4.78 is 41.2. The van der Waals surface area contributed by atoms with Crippen molar-refractivity contribution in [2.75, 3.05) is 11.4 Å². The molecule has 134 valence electrons. The normalized spacial score (nSPS) is 20.7. The molecule has 1 aliphatic rings. The molecule has 2 unspecified atom stereocenters. The van der Waals surface area contributed by atoms with Gasteiger partial charge in [-0.2, -0.15) is 13.2 Å². The fourth-order valence-electron chi connectivity index (χ4n) is 1.73. The minimum absolute atomic E-state index is 0.0858. The lowest BCUT2D eigenvalue weighted by molar-refractivity contribution is -0.155. The summed E-state index contributed by atoms with van der Waals surface area (Å²) in [5, 5.41) is 22.4. The second kappa shape index (κ2) is 7.45. The van der Waals surface area contributed by atoms with Crippen LogP contribution in [0.4, 0.5) is 23.8 Å². The predicted octanol–water partition coefficient (Wildman–Crippen LogP) is 1.35. The highest BCUT2D eigenvalue weighted by molar-refractivity contribution is 5.94. The smallest absolute Gasteiger partial charge is 0.369 e. The van der Waals surface area contributed by atoms with Crippen molar-refractivity contribution in [1.82, 2.24) is 10.1 Å². The van der Waals surface area contributed by atoms with Gasteiger partial charge in [0.1, 0.15) is 5.78 Å². The Labute approximate surface area is 134 Å². The highest BCUT2D eigenvalue weighted by atomic mass is 19.4. The molecule has 2 atom stereocenters. The van der Waals surface area contributed by atoms with Crippen LogP contribution < -0.4 is 4.90 Å². The molecule has 0 saturated carbocycles. The maximum atomic E-state index is 12.4. The molecule has 1 aliphatic heterocycles. The molecule has 8 nitrogen and oxygen atoms in total. The number of aromatic nitrogens is 1. The fourth-order valence-corrected chi connectivity index (χ4v) is 1.73. The molecule has 2 rings (SSSR count). The number of carbonyl (C=O) groups excluding carboxylic acids is 2. The van der Waals surface area contributed by atoms with Crippen LogP contribution in [0.15, 0.2) is 23.2 Å². The van der Waals surface area contributed by atoms with Gasteiger partial charge in [0.15, 0.2) is 18.3 Å². The number of hydrogen-bond donors (Lipinski definition) is 2. The van der Waals surface area contributed by atoms with Crippen LogP contribution in [0, 0.1) is 0 Å². The fraction of sp³-hybridized carbons (Fsp3) is 0.462. The van der Waals surface area contributed by atoms with Crippen LogP contribution in [0.5, 0.6) is 0 Å². The van der Waals surface area contributed by atoms with Gasteiger partial charge in [-0.25, -0.2) is 9.69 Å². The maximum Gasteiger partial charge on any atom is 0.452 e. The third-order valence-corrected chi connectivity index (χ3v) is 2.65. The van der Waals surface area contributed by atoms with Crippen molar-refractivity contribution >= 4 is 17.6 Å². The van der Waals surface area contributed by atoms with Gasteiger partial charge in [-0.15, -0.1) is 6.58 Å². The van der Waals surface area contributed by atoms with Crippen LogP contribution >= 0.6 is 0 Å². The zero-order chi connectivity index (χ0) is 18.7. The SMILES string of the molecule is C=CCN1C(=O)N(c2cc(C(F)(F)F)on2)C(O)C1O.CC(C)=O. The van der Waals surface area contributed by atoms with Crippen molar-refractivity contribution < 1.29 is 37.5 Å². The lowest BCUT2D eigenvalue weighted by Gasteiger charge is -2.16. The summed E-state index contributed by atoms with van der Waals surface area (Å²) in [5.41, 5.74) is 0. The van der Waals surface area contributed by atoms with E-state index in [9.17, 15) is 33.0 Å². The standard InChI is InChI=1S/C10H10F3N3O4.C3H6O/c1-2-3-15-7(17)8(18)16(9(15)19)6-4-5(20-14-6)10(11,12)13;1-3(2)4/h2,4,7-8,17-18H,1,3H2;1-2H3. The summed E-state index contributed by atoms with van der Waals surface area (Å²) >= 11 is 0. The zero-order valence-electron chi connectivity index (χ0n) is 12.8. The number of amides is 2. The number of aliphatic hydroxyl groups excluding tert-OH is 2. The lowest BCUT2D eigenvalue weighted by Crippen LogP contribution is -2.37. The topological polar surface area (TPSA) is 107 Å². The molecule has 1 saturated heterocycles. The molecule has 2 amide bonds. The third-order valence-electron chi connectivity index (χ3n) is 2.65. The van der Waals surface area contributed by atoms with Crippen LogP contribution in [0.2, 0.25) is 0 Å². The van der Waals surface area contributed by atoms with E-state index in [0.29, 0.717) is 11.0 Å². The summed E-state index contributed by atoms with van der Waals surface area (Å²) in [5.74, 6) is -1.79. The quantitative estimate of drug-likeness (QED) is 0.796. The van der Waals surface area contributed by atoms with Gasteiger partial charge in [-0.1, -0.05) is 11.2 Å². The van der Waals surface area contributed by atoms with E-state index in [1.165, 1.54) is 19.9 Å². The molecule has 0 aliphatic carbocycles. The summed E-state index contributed by atoms with van der Waals surface area (Å²) in [6, 6.07) is -0.447. The average Bonchev–Trinajstić information content (AvgIpc) is 2.99. The number of Topliss-reactive ketones (excluding diaryl/α,β-unsaturated/α-hetero) is 1. The molecule has 0 bridgehead atoms. The van der Waals surface area contributed by atoms with E-state index in [-0.39, 0.29) is 12.3 Å². The second-order valence-electron chi connectivity index (χ2n) is 4.88. The number of nitrogens with zero attached hydrogens (tertiary/aromatic N) is 3. The molecule has 0 radical (unpaired) electrons. The Morgan fingerprint density at radius 2 is 1.96 bits per heavy atom. The monoisotopic (exact) mass is 351 g/mol. The first-order chi connectivity index (χ1) is 11.0. The number of carbonyl (C=O) groups is 2. The first-order valence-corrected chi connectivity index (χ1v) is 6.58. The molecule has 24 heavy (non-hydrogen) atoms. The van der Waals surface area contributed by atoms with Crippen LogP contribution in [0.3, 0.4) is 0 Å². The summed E-state index contributed by atoms with van der Waals surface area (Å²) in [6.45, 7) is 6.33. The Bertz CT molecular complexity index is 612. The number of aliphatic hydroxyl groups is 2. The Morgan fingerprint density at radius 3 is 2.38 bits per heavy atom.